The Morgan fingerprint density at radius 2 is 1.96 bits per heavy atom. The van der Waals surface area contributed by atoms with E-state index in [2.05, 4.69) is 10.3 Å². The second-order valence-electron chi connectivity index (χ2n) is 6.83. The third-order valence-corrected chi connectivity index (χ3v) is 4.85. The molecule has 2 aromatic rings. The molecule has 0 aliphatic rings. The quantitative estimate of drug-likeness (QED) is 0.610. The number of hydrogen-bond acceptors (Lipinski definition) is 5. The van der Waals surface area contributed by atoms with Crippen molar-refractivity contribution in [1.82, 2.24) is 10.3 Å². The zero-order valence-electron chi connectivity index (χ0n) is 16.6. The summed E-state index contributed by atoms with van der Waals surface area (Å²) in [6.45, 7) is 3.36. The maximum atomic E-state index is 12.0. The van der Waals surface area contributed by atoms with E-state index in [0.29, 0.717) is 12.8 Å². The molecule has 28 heavy (non-hydrogen) atoms. The van der Waals surface area contributed by atoms with Crippen LogP contribution in [0.2, 0.25) is 0 Å². The Balaban J connectivity index is 1.74. The maximum Gasteiger partial charge on any atom is 0.328 e. The molecule has 0 spiro atoms. The molecule has 1 aromatic heterocycles. The van der Waals surface area contributed by atoms with E-state index < -0.39 is 30.5 Å². The molecule has 0 radical (unpaired) electrons. The van der Waals surface area contributed by atoms with E-state index >= 15 is 0 Å². The van der Waals surface area contributed by atoms with Crippen LogP contribution in [0, 0.1) is 5.92 Å². The lowest BCUT2D eigenvalue weighted by molar-refractivity contribution is -0.151. The highest BCUT2D eigenvalue weighted by Gasteiger charge is 2.26. The van der Waals surface area contributed by atoms with E-state index in [4.69, 9.17) is 9.47 Å². The van der Waals surface area contributed by atoms with Crippen LogP contribution in [0.15, 0.2) is 30.5 Å². The van der Waals surface area contributed by atoms with Crippen molar-refractivity contribution in [1.29, 1.82) is 0 Å². The highest BCUT2D eigenvalue weighted by atomic mass is 16.5. The number of carbonyl (C=O) groups excluding carboxylic acids is 3. The summed E-state index contributed by atoms with van der Waals surface area (Å²) in [4.78, 5) is 38.9. The Hall–Kier alpha value is -2.83. The minimum Gasteiger partial charge on any atom is -0.467 e. The topological polar surface area (TPSA) is 97.5 Å². The van der Waals surface area contributed by atoms with Gasteiger partial charge in [-0.05, 0) is 30.4 Å². The van der Waals surface area contributed by atoms with Crippen LogP contribution in [0.25, 0.3) is 10.9 Å². The van der Waals surface area contributed by atoms with Crippen LogP contribution in [-0.4, -0.2) is 42.6 Å². The van der Waals surface area contributed by atoms with Gasteiger partial charge in [0.25, 0.3) is 5.91 Å². The van der Waals surface area contributed by atoms with Gasteiger partial charge in [0.15, 0.2) is 6.61 Å². The van der Waals surface area contributed by atoms with E-state index in [1.807, 2.05) is 44.3 Å². The number of esters is 2. The van der Waals surface area contributed by atoms with Gasteiger partial charge in [0, 0.05) is 23.5 Å². The highest BCUT2D eigenvalue weighted by molar-refractivity contribution is 5.86. The molecule has 152 valence electrons. The number of amides is 1. The highest BCUT2D eigenvalue weighted by Crippen LogP contribution is 2.19. The number of benzene rings is 1. The summed E-state index contributed by atoms with van der Waals surface area (Å²) < 4.78 is 9.74. The number of aryl methyl sites for hydroxylation is 1. The molecule has 7 nitrogen and oxygen atoms in total. The average Bonchev–Trinajstić information content (AvgIpc) is 3.12. The number of H-pyrrole nitrogens is 1. The largest absolute Gasteiger partial charge is 0.467 e. The number of hydrogen-bond donors (Lipinski definition) is 2. The molecule has 0 bridgehead atoms. The van der Waals surface area contributed by atoms with Gasteiger partial charge in [-0.1, -0.05) is 38.5 Å². The zero-order chi connectivity index (χ0) is 20.5. The van der Waals surface area contributed by atoms with Crippen LogP contribution in [0.4, 0.5) is 0 Å². The summed E-state index contributed by atoms with van der Waals surface area (Å²) in [6.07, 6.45) is 4.24. The average molecular weight is 388 g/mol. The molecule has 0 saturated carbocycles. The Labute approximate surface area is 164 Å². The number of rotatable bonds is 10. The molecule has 2 atom stereocenters. The number of fused-ring (bicyclic) bond motifs is 1. The summed E-state index contributed by atoms with van der Waals surface area (Å²) in [5.41, 5.74) is 2.22. The zero-order valence-corrected chi connectivity index (χ0v) is 16.6. The minimum absolute atomic E-state index is 0.0803. The number of para-hydroxylation sites is 1. The van der Waals surface area contributed by atoms with E-state index in [-0.39, 0.29) is 12.3 Å². The van der Waals surface area contributed by atoms with Crippen molar-refractivity contribution < 1.29 is 23.9 Å². The van der Waals surface area contributed by atoms with E-state index in [1.54, 1.807) is 0 Å². The molecule has 0 unspecified atom stereocenters. The lowest BCUT2D eigenvalue weighted by Gasteiger charge is -2.21. The standard InChI is InChI=1S/C21H28N2O5/c1-4-14(2)20(21(26)27-3)23-18(24)13-28-19(25)11-7-8-15-12-22-17-10-6-5-9-16(15)17/h5-6,9-10,12,14,20,22H,4,7-8,11,13H2,1-3H3,(H,23,24)/t14-,20+/m1/s1. The predicted molar refractivity (Wildman–Crippen MR) is 106 cm³/mol. The van der Waals surface area contributed by atoms with Gasteiger partial charge in [-0.25, -0.2) is 4.79 Å². The molecule has 1 aromatic carbocycles. The number of methoxy groups -OCH3 is 1. The Bertz CT molecular complexity index is 814. The molecule has 2 N–H and O–H groups in total. The van der Waals surface area contributed by atoms with E-state index in [1.165, 1.54) is 7.11 Å². The van der Waals surface area contributed by atoms with Crippen molar-refractivity contribution in [2.75, 3.05) is 13.7 Å². The fraction of sp³-hybridized carbons (Fsp3) is 0.476. The Morgan fingerprint density at radius 3 is 2.68 bits per heavy atom. The third kappa shape index (κ3) is 5.84. The summed E-state index contributed by atoms with van der Waals surface area (Å²) in [5, 5.41) is 3.72. The van der Waals surface area contributed by atoms with Gasteiger partial charge in [-0.3, -0.25) is 9.59 Å². The number of aromatic amines is 1. The monoisotopic (exact) mass is 388 g/mol. The first-order valence-corrected chi connectivity index (χ1v) is 9.54. The van der Waals surface area contributed by atoms with Crippen LogP contribution >= 0.6 is 0 Å². The maximum absolute atomic E-state index is 12.0. The summed E-state index contributed by atoms with van der Waals surface area (Å²) in [6, 6.07) is 7.25. The Kier molecular flexibility index (Phi) is 8.04. The van der Waals surface area contributed by atoms with Crippen molar-refractivity contribution in [3.63, 3.8) is 0 Å². The first-order valence-electron chi connectivity index (χ1n) is 9.54. The summed E-state index contributed by atoms with van der Waals surface area (Å²) in [7, 11) is 1.28. The summed E-state index contributed by atoms with van der Waals surface area (Å²) >= 11 is 0. The van der Waals surface area contributed by atoms with Gasteiger partial charge >= 0.3 is 11.9 Å². The first kappa shape index (κ1) is 21.5. The molecule has 0 fully saturated rings. The third-order valence-electron chi connectivity index (χ3n) is 4.85. The normalized spacial score (nSPS) is 13.0. The van der Waals surface area contributed by atoms with Crippen LogP contribution in [0.1, 0.15) is 38.7 Å². The van der Waals surface area contributed by atoms with E-state index in [0.717, 1.165) is 22.9 Å². The van der Waals surface area contributed by atoms with Crippen molar-refractivity contribution in [3.8, 4) is 0 Å². The van der Waals surface area contributed by atoms with Gasteiger partial charge in [0.1, 0.15) is 6.04 Å². The summed E-state index contributed by atoms with van der Waals surface area (Å²) in [5.74, 6) is -1.54. The second kappa shape index (κ2) is 10.5. The molecule has 0 saturated heterocycles. The second-order valence-corrected chi connectivity index (χ2v) is 6.83. The predicted octanol–water partition coefficient (Wildman–Crippen LogP) is 2.74. The number of ether oxygens (including phenoxy) is 2. The van der Waals surface area contributed by atoms with Crippen molar-refractivity contribution in [3.05, 3.63) is 36.0 Å². The minimum atomic E-state index is -0.747. The van der Waals surface area contributed by atoms with Crippen molar-refractivity contribution in [2.45, 2.75) is 45.6 Å². The van der Waals surface area contributed by atoms with Crippen LogP contribution < -0.4 is 5.32 Å². The molecule has 0 aliphatic carbocycles. The lowest BCUT2D eigenvalue weighted by Crippen LogP contribution is -2.47. The molecular weight excluding hydrogens is 360 g/mol. The van der Waals surface area contributed by atoms with E-state index in [9.17, 15) is 14.4 Å². The smallest absolute Gasteiger partial charge is 0.328 e. The lowest BCUT2D eigenvalue weighted by atomic mass is 9.99. The number of aromatic nitrogens is 1. The number of carbonyl (C=O) groups is 3. The van der Waals surface area contributed by atoms with Crippen LogP contribution in [0.3, 0.4) is 0 Å². The van der Waals surface area contributed by atoms with Gasteiger partial charge in [0.05, 0.1) is 7.11 Å². The Morgan fingerprint density at radius 1 is 1.21 bits per heavy atom. The van der Waals surface area contributed by atoms with Crippen LogP contribution in [-0.2, 0) is 30.3 Å². The first-order chi connectivity index (χ1) is 13.5. The molecule has 2 rings (SSSR count). The molecule has 7 heteroatoms. The van der Waals surface area contributed by atoms with Gasteiger partial charge in [-0.2, -0.15) is 0 Å². The number of nitrogens with one attached hydrogen (secondary N) is 2. The molecule has 1 heterocycles. The van der Waals surface area contributed by atoms with Gasteiger partial charge < -0.3 is 19.8 Å². The van der Waals surface area contributed by atoms with Crippen molar-refractivity contribution >= 4 is 28.7 Å². The SMILES string of the molecule is CC[C@@H](C)[C@H](NC(=O)COC(=O)CCCc1c[nH]c2ccccc12)C(=O)OC. The molecular formula is C21H28N2O5. The fourth-order valence-corrected chi connectivity index (χ4v) is 2.99. The molecule has 0 aliphatic heterocycles. The fourth-order valence-electron chi connectivity index (χ4n) is 2.99. The van der Waals surface area contributed by atoms with Gasteiger partial charge in [0.2, 0.25) is 0 Å². The van der Waals surface area contributed by atoms with Crippen LogP contribution in [0.5, 0.6) is 0 Å². The molecule has 1 amide bonds. The van der Waals surface area contributed by atoms with Crippen molar-refractivity contribution in [2.24, 2.45) is 5.92 Å². The van der Waals surface area contributed by atoms with Gasteiger partial charge in [-0.15, -0.1) is 0 Å².